The molecule has 3 unspecified atom stereocenters. The van der Waals surface area contributed by atoms with Crippen molar-refractivity contribution in [3.8, 4) is 6.07 Å². The van der Waals surface area contributed by atoms with E-state index in [1.165, 1.54) is 12.8 Å². The molecule has 1 aliphatic rings. The molecule has 0 radical (unpaired) electrons. The Balaban J connectivity index is 2.40. The molecule has 1 fully saturated rings. The van der Waals surface area contributed by atoms with Gasteiger partial charge in [0.15, 0.2) is 0 Å². The molecule has 0 bridgehead atoms. The number of likely N-dealkylation sites (N-methyl/N-ethyl adjacent to an activating group) is 1. The highest BCUT2D eigenvalue weighted by molar-refractivity contribution is 5.04. The smallest absolute Gasteiger partial charge is 0.105 e. The topological polar surface area (TPSA) is 48.3 Å². The lowest BCUT2D eigenvalue weighted by Gasteiger charge is -2.32. The number of nitrogens with zero attached hydrogens (tertiary/aromatic N) is 2. The number of ether oxygens (including phenoxy) is 1. The van der Waals surface area contributed by atoms with E-state index in [1.54, 1.807) is 0 Å². The Morgan fingerprint density at radius 1 is 1.65 bits per heavy atom. The number of hydrogen-bond donors (Lipinski definition) is 1. The normalized spacial score (nSPS) is 25.5. The Hall–Kier alpha value is -0.630. The van der Waals surface area contributed by atoms with Crippen molar-refractivity contribution >= 4 is 0 Å². The van der Waals surface area contributed by atoms with E-state index in [1.807, 2.05) is 14.0 Å². The van der Waals surface area contributed by atoms with Crippen molar-refractivity contribution in [2.75, 3.05) is 27.2 Å². The summed E-state index contributed by atoms with van der Waals surface area (Å²) in [6.45, 7) is 5.98. The van der Waals surface area contributed by atoms with Crippen LogP contribution >= 0.6 is 0 Å². The van der Waals surface area contributed by atoms with Crippen LogP contribution in [-0.4, -0.2) is 49.8 Å². The summed E-state index contributed by atoms with van der Waals surface area (Å²) in [6, 6.07) is 2.71. The maximum atomic E-state index is 9.14. The molecule has 1 saturated heterocycles. The van der Waals surface area contributed by atoms with Crippen LogP contribution in [-0.2, 0) is 4.74 Å². The van der Waals surface area contributed by atoms with Crippen molar-refractivity contribution in [2.45, 2.75) is 50.8 Å². The fourth-order valence-corrected chi connectivity index (χ4v) is 2.24. The molecular formula is C13H25N3O. The molecule has 0 aliphatic carbocycles. The minimum Gasteiger partial charge on any atom is -0.377 e. The molecule has 4 heteroatoms. The van der Waals surface area contributed by atoms with Crippen LogP contribution in [0.25, 0.3) is 0 Å². The average Bonchev–Trinajstić information content (AvgIpc) is 2.81. The first-order valence-corrected chi connectivity index (χ1v) is 6.43. The van der Waals surface area contributed by atoms with E-state index < -0.39 is 5.54 Å². The van der Waals surface area contributed by atoms with E-state index in [0.29, 0.717) is 12.1 Å². The van der Waals surface area contributed by atoms with Gasteiger partial charge in [0.25, 0.3) is 0 Å². The SMILES string of the molecule is CNC(C)(C#N)CC(C)N(C)CC1CCCO1. The van der Waals surface area contributed by atoms with E-state index in [9.17, 15) is 0 Å². The predicted molar refractivity (Wildman–Crippen MR) is 68.8 cm³/mol. The van der Waals surface area contributed by atoms with Gasteiger partial charge in [-0.15, -0.1) is 0 Å². The lowest BCUT2D eigenvalue weighted by Crippen LogP contribution is -2.46. The van der Waals surface area contributed by atoms with E-state index in [-0.39, 0.29) is 0 Å². The molecule has 0 aromatic carbocycles. The standard InChI is InChI=1S/C13H25N3O/c1-11(8-13(2,10-14)15-3)16(4)9-12-6-5-7-17-12/h11-12,15H,5-9H2,1-4H3. The number of rotatable bonds is 6. The van der Waals surface area contributed by atoms with Crippen LogP contribution in [0.4, 0.5) is 0 Å². The van der Waals surface area contributed by atoms with Crippen LogP contribution < -0.4 is 5.32 Å². The summed E-state index contributed by atoms with van der Waals surface area (Å²) >= 11 is 0. The summed E-state index contributed by atoms with van der Waals surface area (Å²) in [7, 11) is 3.95. The van der Waals surface area contributed by atoms with Crippen LogP contribution in [0.2, 0.25) is 0 Å². The second-order valence-electron chi connectivity index (χ2n) is 5.32. The molecule has 4 nitrogen and oxygen atoms in total. The Kier molecular flexibility index (Phi) is 5.38. The van der Waals surface area contributed by atoms with Gasteiger partial charge in [-0.05, 0) is 47.2 Å². The Bertz CT molecular complexity index is 270. The minimum absolute atomic E-state index is 0.372. The van der Waals surface area contributed by atoms with Crippen LogP contribution in [0, 0.1) is 11.3 Å². The van der Waals surface area contributed by atoms with Crippen molar-refractivity contribution in [1.29, 1.82) is 5.26 Å². The lowest BCUT2D eigenvalue weighted by molar-refractivity contribution is 0.0663. The predicted octanol–water partition coefficient (Wildman–Crippen LogP) is 1.38. The van der Waals surface area contributed by atoms with Crippen molar-refractivity contribution in [1.82, 2.24) is 10.2 Å². The second kappa shape index (κ2) is 6.34. The van der Waals surface area contributed by atoms with E-state index in [0.717, 1.165) is 19.6 Å². The highest BCUT2D eigenvalue weighted by Gasteiger charge is 2.27. The highest BCUT2D eigenvalue weighted by Crippen LogP contribution is 2.18. The van der Waals surface area contributed by atoms with Gasteiger partial charge in [0, 0.05) is 19.2 Å². The maximum Gasteiger partial charge on any atom is 0.105 e. The average molecular weight is 239 g/mol. The first kappa shape index (κ1) is 14.4. The molecule has 1 aliphatic heterocycles. The van der Waals surface area contributed by atoms with Crippen molar-refractivity contribution in [2.24, 2.45) is 0 Å². The van der Waals surface area contributed by atoms with Crippen LogP contribution in [0.3, 0.4) is 0 Å². The molecule has 0 aromatic heterocycles. The maximum absolute atomic E-state index is 9.14. The van der Waals surface area contributed by atoms with Gasteiger partial charge in [0.05, 0.1) is 12.2 Å². The zero-order chi connectivity index (χ0) is 12.9. The van der Waals surface area contributed by atoms with Gasteiger partial charge in [-0.1, -0.05) is 0 Å². The molecule has 0 amide bonds. The largest absolute Gasteiger partial charge is 0.377 e. The first-order chi connectivity index (χ1) is 8.00. The number of nitrogens with one attached hydrogen (secondary N) is 1. The summed E-state index contributed by atoms with van der Waals surface area (Å²) in [5, 5.41) is 12.2. The number of nitriles is 1. The summed E-state index contributed by atoms with van der Waals surface area (Å²) in [5.41, 5.74) is -0.440. The Morgan fingerprint density at radius 2 is 2.35 bits per heavy atom. The van der Waals surface area contributed by atoms with Crippen LogP contribution in [0.5, 0.6) is 0 Å². The highest BCUT2D eigenvalue weighted by atomic mass is 16.5. The van der Waals surface area contributed by atoms with Gasteiger partial charge < -0.3 is 15.0 Å². The van der Waals surface area contributed by atoms with Crippen molar-refractivity contribution < 1.29 is 4.74 Å². The van der Waals surface area contributed by atoms with E-state index in [2.05, 4.69) is 30.3 Å². The molecule has 17 heavy (non-hydrogen) atoms. The molecule has 1 heterocycles. The van der Waals surface area contributed by atoms with E-state index in [4.69, 9.17) is 10.00 Å². The molecule has 0 saturated carbocycles. The first-order valence-electron chi connectivity index (χ1n) is 6.43. The van der Waals surface area contributed by atoms with Gasteiger partial charge in [0.2, 0.25) is 0 Å². The molecule has 0 spiro atoms. The molecule has 1 rings (SSSR count). The molecular weight excluding hydrogens is 214 g/mol. The summed E-state index contributed by atoms with van der Waals surface area (Å²) in [6.07, 6.45) is 3.55. The quantitative estimate of drug-likeness (QED) is 0.760. The second-order valence-corrected chi connectivity index (χ2v) is 5.32. The van der Waals surface area contributed by atoms with Crippen molar-refractivity contribution in [3.63, 3.8) is 0 Å². The lowest BCUT2D eigenvalue weighted by atomic mass is 9.95. The summed E-state index contributed by atoms with van der Waals surface area (Å²) in [5.74, 6) is 0. The Labute approximate surface area is 105 Å². The third-order valence-corrected chi connectivity index (χ3v) is 3.77. The Morgan fingerprint density at radius 3 is 2.82 bits per heavy atom. The fourth-order valence-electron chi connectivity index (χ4n) is 2.24. The summed E-state index contributed by atoms with van der Waals surface area (Å²) < 4.78 is 5.63. The third kappa shape index (κ3) is 4.27. The van der Waals surface area contributed by atoms with Crippen molar-refractivity contribution in [3.05, 3.63) is 0 Å². The zero-order valence-electron chi connectivity index (χ0n) is 11.5. The fraction of sp³-hybridized carbons (Fsp3) is 0.923. The van der Waals surface area contributed by atoms with Gasteiger partial charge in [-0.25, -0.2) is 0 Å². The molecule has 98 valence electrons. The third-order valence-electron chi connectivity index (χ3n) is 3.77. The van der Waals surface area contributed by atoms with Gasteiger partial charge in [-0.2, -0.15) is 5.26 Å². The van der Waals surface area contributed by atoms with Gasteiger partial charge in [0.1, 0.15) is 5.54 Å². The zero-order valence-corrected chi connectivity index (χ0v) is 11.5. The molecule has 3 atom stereocenters. The van der Waals surface area contributed by atoms with E-state index >= 15 is 0 Å². The monoisotopic (exact) mass is 239 g/mol. The molecule has 0 aromatic rings. The van der Waals surface area contributed by atoms with Gasteiger partial charge >= 0.3 is 0 Å². The van der Waals surface area contributed by atoms with Crippen LogP contribution in [0.15, 0.2) is 0 Å². The van der Waals surface area contributed by atoms with Gasteiger partial charge in [-0.3, -0.25) is 0 Å². The minimum atomic E-state index is -0.440. The molecule has 1 N–H and O–H groups in total. The number of hydrogen-bond acceptors (Lipinski definition) is 4. The van der Waals surface area contributed by atoms with Crippen LogP contribution in [0.1, 0.15) is 33.1 Å². The summed E-state index contributed by atoms with van der Waals surface area (Å²) in [4.78, 5) is 2.29.